The van der Waals surface area contributed by atoms with E-state index in [-0.39, 0.29) is 17.0 Å². The van der Waals surface area contributed by atoms with Crippen molar-refractivity contribution in [3.63, 3.8) is 0 Å². The van der Waals surface area contributed by atoms with Gasteiger partial charge in [0.1, 0.15) is 11.2 Å². The number of nitro groups is 1. The largest absolute Gasteiger partial charge is 0.480 e. The summed E-state index contributed by atoms with van der Waals surface area (Å²) in [5.41, 5.74) is -1.27. The lowest BCUT2D eigenvalue weighted by atomic mass is 10.1. The lowest BCUT2D eigenvalue weighted by molar-refractivity contribution is -0.386. The summed E-state index contributed by atoms with van der Waals surface area (Å²) >= 11 is 0. The second-order valence-corrected chi connectivity index (χ2v) is 4.43. The summed E-state index contributed by atoms with van der Waals surface area (Å²) in [4.78, 5) is 21.1. The van der Waals surface area contributed by atoms with Crippen molar-refractivity contribution in [3.8, 4) is 5.75 Å². The molecule has 0 atom stereocenters. The summed E-state index contributed by atoms with van der Waals surface area (Å²) < 4.78 is 5.36. The number of carbonyl (C=O) groups is 1. The highest BCUT2D eigenvalue weighted by Gasteiger charge is 2.26. The molecule has 1 aromatic rings. The number of hydrogen-bond donors (Lipinski definition) is 1. The van der Waals surface area contributed by atoms with Gasteiger partial charge >= 0.3 is 11.7 Å². The molecule has 1 aromatic carbocycles. The maximum atomic E-state index is 11.0. The topological polar surface area (TPSA) is 89.7 Å². The first-order chi connectivity index (χ1) is 7.72. The summed E-state index contributed by atoms with van der Waals surface area (Å²) in [6.07, 6.45) is 0. The molecule has 0 amide bonds. The number of para-hydroxylation sites is 1. The van der Waals surface area contributed by atoms with Crippen LogP contribution in [0.3, 0.4) is 0 Å². The van der Waals surface area contributed by atoms with Gasteiger partial charge < -0.3 is 9.84 Å². The molecule has 1 N–H and O–H groups in total. The Labute approximate surface area is 98.0 Å². The number of nitrogens with zero attached hydrogens (tertiary/aromatic N) is 1. The second kappa shape index (κ2) is 4.40. The maximum absolute atomic E-state index is 11.0. The Morgan fingerprint density at radius 2 is 2.00 bits per heavy atom. The predicted octanol–water partition coefficient (Wildman–Crippen LogP) is 2.47. The standard InChI is InChI=1S/C11H13NO5/c1-11(2,3)17-9-7(10(13)14)5-4-6-8(9)12(15)16/h4-6H,1-3H3,(H,13,14). The quantitative estimate of drug-likeness (QED) is 0.646. The molecule has 0 spiro atoms. The van der Waals surface area contributed by atoms with Crippen LogP contribution in [0, 0.1) is 10.1 Å². The minimum atomic E-state index is -1.26. The average molecular weight is 239 g/mol. The van der Waals surface area contributed by atoms with E-state index in [0.29, 0.717) is 0 Å². The molecule has 0 fully saturated rings. The molecule has 0 aliphatic carbocycles. The Bertz CT molecular complexity index is 429. The van der Waals surface area contributed by atoms with E-state index in [4.69, 9.17) is 9.84 Å². The molecule has 0 saturated heterocycles. The zero-order chi connectivity index (χ0) is 13.2. The Morgan fingerprint density at radius 3 is 2.41 bits per heavy atom. The minimum Gasteiger partial charge on any atom is -0.480 e. The van der Waals surface area contributed by atoms with E-state index in [0.717, 1.165) is 0 Å². The van der Waals surface area contributed by atoms with Crippen molar-refractivity contribution in [2.75, 3.05) is 0 Å². The van der Waals surface area contributed by atoms with Crippen LogP contribution >= 0.6 is 0 Å². The molecule has 0 aliphatic rings. The zero-order valence-corrected chi connectivity index (χ0v) is 9.76. The van der Waals surface area contributed by atoms with Crippen LogP contribution in [0.5, 0.6) is 5.75 Å². The molecule has 0 bridgehead atoms. The fraction of sp³-hybridized carbons (Fsp3) is 0.364. The van der Waals surface area contributed by atoms with Crippen molar-refractivity contribution in [1.29, 1.82) is 0 Å². The molecule has 17 heavy (non-hydrogen) atoms. The van der Waals surface area contributed by atoms with Gasteiger partial charge in [0.2, 0.25) is 5.75 Å². The van der Waals surface area contributed by atoms with Gasteiger partial charge in [0, 0.05) is 6.07 Å². The smallest absolute Gasteiger partial charge is 0.339 e. The van der Waals surface area contributed by atoms with E-state index >= 15 is 0 Å². The summed E-state index contributed by atoms with van der Waals surface area (Å²) in [6, 6.07) is 3.81. The third-order valence-electron chi connectivity index (χ3n) is 1.83. The molecule has 0 aromatic heterocycles. The predicted molar refractivity (Wildman–Crippen MR) is 60.4 cm³/mol. The number of nitro benzene ring substituents is 1. The highest BCUT2D eigenvalue weighted by atomic mass is 16.6. The number of ether oxygens (including phenoxy) is 1. The van der Waals surface area contributed by atoms with E-state index in [1.165, 1.54) is 18.2 Å². The van der Waals surface area contributed by atoms with Gasteiger partial charge in [-0.1, -0.05) is 6.07 Å². The Hall–Kier alpha value is -2.11. The minimum absolute atomic E-state index is 0.211. The summed E-state index contributed by atoms with van der Waals surface area (Å²) in [5.74, 6) is -1.47. The SMILES string of the molecule is CC(C)(C)Oc1c(C(=O)O)cccc1[N+](=O)[O-]. The van der Waals surface area contributed by atoms with Crippen LogP contribution in [0.25, 0.3) is 0 Å². The zero-order valence-electron chi connectivity index (χ0n) is 9.76. The van der Waals surface area contributed by atoms with Crippen LogP contribution in [-0.2, 0) is 0 Å². The van der Waals surface area contributed by atoms with Crippen LogP contribution in [0.1, 0.15) is 31.1 Å². The Kier molecular flexibility index (Phi) is 3.36. The second-order valence-electron chi connectivity index (χ2n) is 4.43. The summed E-state index contributed by atoms with van der Waals surface area (Å²) in [6.45, 7) is 5.07. The van der Waals surface area contributed by atoms with Gasteiger partial charge in [0.25, 0.3) is 0 Å². The van der Waals surface area contributed by atoms with Crippen LogP contribution in [0.4, 0.5) is 5.69 Å². The lowest BCUT2D eigenvalue weighted by Crippen LogP contribution is -2.24. The van der Waals surface area contributed by atoms with Crippen molar-refractivity contribution in [2.24, 2.45) is 0 Å². The molecule has 0 saturated carbocycles. The molecule has 0 radical (unpaired) electrons. The van der Waals surface area contributed by atoms with Crippen molar-refractivity contribution < 1.29 is 19.6 Å². The molecule has 92 valence electrons. The molecular formula is C11H13NO5. The third-order valence-corrected chi connectivity index (χ3v) is 1.83. The van der Waals surface area contributed by atoms with Crippen molar-refractivity contribution >= 4 is 11.7 Å². The molecule has 6 nitrogen and oxygen atoms in total. The average Bonchev–Trinajstić information content (AvgIpc) is 2.14. The van der Waals surface area contributed by atoms with Crippen molar-refractivity contribution in [1.82, 2.24) is 0 Å². The van der Waals surface area contributed by atoms with Crippen molar-refractivity contribution in [3.05, 3.63) is 33.9 Å². The number of carboxylic acid groups (broad SMARTS) is 1. The van der Waals surface area contributed by atoms with Gasteiger partial charge in [0.15, 0.2) is 0 Å². The van der Waals surface area contributed by atoms with E-state index in [1.54, 1.807) is 20.8 Å². The normalized spacial score (nSPS) is 11.0. The van der Waals surface area contributed by atoms with Gasteiger partial charge in [-0.2, -0.15) is 0 Å². The first-order valence-electron chi connectivity index (χ1n) is 4.92. The lowest BCUT2D eigenvalue weighted by Gasteiger charge is -2.22. The number of carboxylic acids is 1. The van der Waals surface area contributed by atoms with Crippen LogP contribution in [0.2, 0.25) is 0 Å². The molecule has 0 heterocycles. The number of hydrogen-bond acceptors (Lipinski definition) is 4. The van der Waals surface area contributed by atoms with Gasteiger partial charge in [0.05, 0.1) is 4.92 Å². The Morgan fingerprint density at radius 1 is 1.41 bits per heavy atom. The van der Waals surface area contributed by atoms with Crippen LogP contribution in [0.15, 0.2) is 18.2 Å². The summed E-state index contributed by atoms with van der Waals surface area (Å²) in [5, 5.41) is 19.8. The van der Waals surface area contributed by atoms with E-state index in [2.05, 4.69) is 0 Å². The van der Waals surface area contributed by atoms with Crippen LogP contribution in [-0.4, -0.2) is 21.6 Å². The maximum Gasteiger partial charge on any atom is 0.339 e. The van der Waals surface area contributed by atoms with E-state index in [9.17, 15) is 14.9 Å². The van der Waals surface area contributed by atoms with E-state index in [1.807, 2.05) is 0 Å². The Balaban J connectivity index is 3.39. The fourth-order valence-electron chi connectivity index (χ4n) is 1.25. The van der Waals surface area contributed by atoms with Gasteiger partial charge in [-0.3, -0.25) is 10.1 Å². The molecule has 0 unspecified atom stereocenters. The molecule has 0 aliphatic heterocycles. The first kappa shape index (κ1) is 13.0. The highest BCUT2D eigenvalue weighted by Crippen LogP contribution is 2.33. The first-order valence-corrected chi connectivity index (χ1v) is 4.92. The van der Waals surface area contributed by atoms with E-state index < -0.39 is 16.5 Å². The molecular weight excluding hydrogens is 226 g/mol. The molecule has 6 heteroatoms. The number of rotatable bonds is 3. The number of benzene rings is 1. The monoisotopic (exact) mass is 239 g/mol. The van der Waals surface area contributed by atoms with Gasteiger partial charge in [-0.05, 0) is 26.8 Å². The van der Waals surface area contributed by atoms with Crippen LogP contribution < -0.4 is 4.74 Å². The van der Waals surface area contributed by atoms with Gasteiger partial charge in [-0.15, -0.1) is 0 Å². The highest BCUT2D eigenvalue weighted by molar-refractivity contribution is 5.92. The van der Waals surface area contributed by atoms with Crippen molar-refractivity contribution in [2.45, 2.75) is 26.4 Å². The number of aromatic carboxylic acids is 1. The fourth-order valence-corrected chi connectivity index (χ4v) is 1.25. The third kappa shape index (κ3) is 3.17. The van der Waals surface area contributed by atoms with Gasteiger partial charge in [-0.25, -0.2) is 4.79 Å². The molecule has 1 rings (SSSR count). The summed E-state index contributed by atoms with van der Waals surface area (Å²) in [7, 11) is 0.